The molecule has 3 rings (SSSR count). The van der Waals surface area contributed by atoms with E-state index in [1.165, 1.54) is 11.1 Å². The third kappa shape index (κ3) is 2.84. The Kier molecular flexibility index (Phi) is 3.34. The van der Waals surface area contributed by atoms with Crippen LogP contribution in [0, 0.1) is 6.92 Å². The molecule has 100 valence electrons. The fourth-order valence-electron chi connectivity index (χ4n) is 2.64. The van der Waals surface area contributed by atoms with Gasteiger partial charge < -0.3 is 10.3 Å². The quantitative estimate of drug-likeness (QED) is 0.917. The van der Waals surface area contributed by atoms with E-state index < -0.39 is 0 Å². The van der Waals surface area contributed by atoms with Gasteiger partial charge in [-0.3, -0.25) is 0 Å². The van der Waals surface area contributed by atoms with Crippen molar-refractivity contribution >= 4 is 0 Å². The van der Waals surface area contributed by atoms with E-state index in [9.17, 15) is 0 Å². The molecule has 1 fully saturated rings. The minimum atomic E-state index is 0.295. The zero-order valence-corrected chi connectivity index (χ0v) is 11.2. The third-order valence-electron chi connectivity index (χ3n) is 3.80. The molecule has 2 aromatic rings. The molecule has 4 heteroatoms. The van der Waals surface area contributed by atoms with Crippen LogP contribution in [-0.2, 0) is 6.42 Å². The Morgan fingerprint density at radius 1 is 1.26 bits per heavy atom. The smallest absolute Gasteiger partial charge is 0.231 e. The Morgan fingerprint density at radius 2 is 2.05 bits per heavy atom. The topological polar surface area (TPSA) is 64.9 Å². The van der Waals surface area contributed by atoms with Gasteiger partial charge in [0.15, 0.2) is 5.82 Å². The van der Waals surface area contributed by atoms with Crippen molar-refractivity contribution in [1.82, 2.24) is 10.1 Å². The first kappa shape index (κ1) is 12.4. The maximum absolute atomic E-state index is 5.92. The monoisotopic (exact) mass is 257 g/mol. The van der Waals surface area contributed by atoms with E-state index in [-0.39, 0.29) is 0 Å². The second-order valence-electron chi connectivity index (χ2n) is 5.48. The van der Waals surface area contributed by atoms with Gasteiger partial charge in [-0.1, -0.05) is 35.0 Å². The number of benzene rings is 1. The van der Waals surface area contributed by atoms with Crippen LogP contribution < -0.4 is 5.73 Å². The summed E-state index contributed by atoms with van der Waals surface area (Å²) in [5.41, 5.74) is 8.38. The second-order valence-corrected chi connectivity index (χ2v) is 5.48. The number of hydrogen-bond acceptors (Lipinski definition) is 4. The molecule has 19 heavy (non-hydrogen) atoms. The largest absolute Gasteiger partial charge is 0.339 e. The van der Waals surface area contributed by atoms with E-state index in [2.05, 4.69) is 41.3 Å². The minimum Gasteiger partial charge on any atom is -0.339 e. The molecule has 0 bridgehead atoms. The van der Waals surface area contributed by atoms with Gasteiger partial charge in [-0.05, 0) is 31.7 Å². The summed E-state index contributed by atoms with van der Waals surface area (Å²) in [6.07, 6.45) is 3.81. The van der Waals surface area contributed by atoms with E-state index in [4.69, 9.17) is 10.3 Å². The SMILES string of the molecule is Cc1ccc(Cc2nc([C@H]3CC[C@H](N)C3)no2)cc1. The van der Waals surface area contributed by atoms with Crippen LogP contribution in [0.2, 0.25) is 0 Å². The molecule has 0 aliphatic heterocycles. The predicted molar refractivity (Wildman–Crippen MR) is 72.9 cm³/mol. The molecule has 1 heterocycles. The van der Waals surface area contributed by atoms with E-state index in [1.807, 2.05) is 0 Å². The Balaban J connectivity index is 1.69. The summed E-state index contributed by atoms with van der Waals surface area (Å²) in [4.78, 5) is 4.51. The lowest BCUT2D eigenvalue weighted by Gasteiger charge is -2.01. The second kappa shape index (κ2) is 5.13. The summed E-state index contributed by atoms with van der Waals surface area (Å²) in [6.45, 7) is 2.08. The molecular formula is C15H19N3O. The summed E-state index contributed by atoms with van der Waals surface area (Å²) in [6, 6.07) is 8.70. The molecule has 1 aliphatic carbocycles. The Labute approximate surface area is 113 Å². The molecule has 1 aromatic carbocycles. The fourth-order valence-corrected chi connectivity index (χ4v) is 2.64. The first-order valence-electron chi connectivity index (χ1n) is 6.84. The zero-order chi connectivity index (χ0) is 13.2. The predicted octanol–water partition coefficient (Wildman–Crippen LogP) is 2.56. The highest BCUT2D eigenvalue weighted by Gasteiger charge is 2.27. The average molecular weight is 257 g/mol. The van der Waals surface area contributed by atoms with Gasteiger partial charge in [0.2, 0.25) is 5.89 Å². The van der Waals surface area contributed by atoms with Crippen LogP contribution in [0.25, 0.3) is 0 Å². The van der Waals surface area contributed by atoms with Crippen molar-refractivity contribution in [3.63, 3.8) is 0 Å². The fraction of sp³-hybridized carbons (Fsp3) is 0.467. The lowest BCUT2D eigenvalue weighted by molar-refractivity contribution is 0.375. The maximum Gasteiger partial charge on any atom is 0.231 e. The van der Waals surface area contributed by atoms with Crippen LogP contribution in [0.3, 0.4) is 0 Å². The Hall–Kier alpha value is -1.68. The molecule has 1 aromatic heterocycles. The summed E-state index contributed by atoms with van der Waals surface area (Å²) < 4.78 is 5.34. The summed E-state index contributed by atoms with van der Waals surface area (Å²) >= 11 is 0. The van der Waals surface area contributed by atoms with Gasteiger partial charge in [0.1, 0.15) is 0 Å². The third-order valence-corrected chi connectivity index (χ3v) is 3.80. The lowest BCUT2D eigenvalue weighted by Crippen LogP contribution is -2.14. The first-order valence-corrected chi connectivity index (χ1v) is 6.84. The summed E-state index contributed by atoms with van der Waals surface area (Å²) in [7, 11) is 0. The van der Waals surface area contributed by atoms with Crippen molar-refractivity contribution in [3.8, 4) is 0 Å². The maximum atomic E-state index is 5.92. The van der Waals surface area contributed by atoms with Crippen LogP contribution in [0.5, 0.6) is 0 Å². The van der Waals surface area contributed by atoms with Gasteiger partial charge in [-0.25, -0.2) is 0 Å². The van der Waals surface area contributed by atoms with Crippen molar-refractivity contribution in [2.75, 3.05) is 0 Å². The highest BCUT2D eigenvalue weighted by molar-refractivity contribution is 5.23. The van der Waals surface area contributed by atoms with Crippen molar-refractivity contribution in [2.24, 2.45) is 5.73 Å². The highest BCUT2D eigenvalue weighted by atomic mass is 16.5. The molecule has 2 atom stereocenters. The average Bonchev–Trinajstić information content (AvgIpc) is 3.01. The molecule has 0 amide bonds. The summed E-state index contributed by atoms with van der Waals surface area (Å²) in [5.74, 6) is 1.90. The minimum absolute atomic E-state index is 0.295. The first-order chi connectivity index (χ1) is 9.20. The molecule has 0 saturated heterocycles. The van der Waals surface area contributed by atoms with Crippen LogP contribution in [-0.4, -0.2) is 16.2 Å². The van der Waals surface area contributed by atoms with Crippen LogP contribution in [0.1, 0.15) is 48.0 Å². The Bertz CT molecular complexity index is 547. The van der Waals surface area contributed by atoms with E-state index in [0.29, 0.717) is 24.3 Å². The zero-order valence-electron chi connectivity index (χ0n) is 11.2. The van der Waals surface area contributed by atoms with Gasteiger partial charge in [0.25, 0.3) is 0 Å². The van der Waals surface area contributed by atoms with E-state index >= 15 is 0 Å². The van der Waals surface area contributed by atoms with Gasteiger partial charge in [-0.2, -0.15) is 4.98 Å². The van der Waals surface area contributed by atoms with Crippen molar-refractivity contribution in [3.05, 3.63) is 47.1 Å². The number of aromatic nitrogens is 2. The van der Waals surface area contributed by atoms with Gasteiger partial charge >= 0.3 is 0 Å². The number of rotatable bonds is 3. The molecule has 0 spiro atoms. The van der Waals surface area contributed by atoms with Crippen molar-refractivity contribution in [1.29, 1.82) is 0 Å². The number of nitrogens with two attached hydrogens (primary N) is 1. The molecule has 0 radical (unpaired) electrons. The van der Waals surface area contributed by atoms with Crippen LogP contribution >= 0.6 is 0 Å². The highest BCUT2D eigenvalue weighted by Crippen LogP contribution is 2.31. The molecule has 2 N–H and O–H groups in total. The molecular weight excluding hydrogens is 238 g/mol. The number of aryl methyl sites for hydroxylation is 1. The number of hydrogen-bond donors (Lipinski definition) is 1. The van der Waals surface area contributed by atoms with Gasteiger partial charge in [0.05, 0.1) is 6.42 Å². The summed E-state index contributed by atoms with van der Waals surface area (Å²) in [5, 5.41) is 4.10. The van der Waals surface area contributed by atoms with E-state index in [0.717, 1.165) is 25.1 Å². The van der Waals surface area contributed by atoms with Crippen LogP contribution in [0.4, 0.5) is 0 Å². The van der Waals surface area contributed by atoms with Gasteiger partial charge in [-0.15, -0.1) is 0 Å². The molecule has 4 nitrogen and oxygen atoms in total. The normalized spacial score (nSPS) is 22.8. The van der Waals surface area contributed by atoms with Crippen molar-refractivity contribution < 1.29 is 4.52 Å². The van der Waals surface area contributed by atoms with Crippen LogP contribution in [0.15, 0.2) is 28.8 Å². The molecule has 1 saturated carbocycles. The standard InChI is InChI=1S/C15H19N3O/c1-10-2-4-11(5-3-10)8-14-17-15(18-19-14)12-6-7-13(16)9-12/h2-5,12-13H,6-9,16H2,1H3/t12-,13-/m0/s1. The Morgan fingerprint density at radius 3 is 2.74 bits per heavy atom. The lowest BCUT2D eigenvalue weighted by atomic mass is 10.1. The van der Waals surface area contributed by atoms with Gasteiger partial charge in [0, 0.05) is 12.0 Å². The number of nitrogens with zero attached hydrogens (tertiary/aromatic N) is 2. The molecule has 0 unspecified atom stereocenters. The van der Waals surface area contributed by atoms with Crippen molar-refractivity contribution in [2.45, 2.75) is 44.6 Å². The van der Waals surface area contributed by atoms with E-state index in [1.54, 1.807) is 0 Å². The molecule has 1 aliphatic rings.